The number of rotatable bonds is 2. The summed E-state index contributed by atoms with van der Waals surface area (Å²) in [7, 11) is 0. The largest absolute Gasteiger partial charge is 0.492 e. The van der Waals surface area contributed by atoms with Crippen molar-refractivity contribution >= 4 is 11.5 Å². The van der Waals surface area contributed by atoms with Gasteiger partial charge in [0.05, 0.1) is 12.8 Å². The molecule has 1 aromatic carbocycles. The van der Waals surface area contributed by atoms with Gasteiger partial charge in [0.2, 0.25) is 0 Å². The van der Waals surface area contributed by atoms with Gasteiger partial charge in [-0.25, -0.2) is 0 Å². The average molecular weight is 320 g/mol. The van der Waals surface area contributed by atoms with E-state index < -0.39 is 0 Å². The Morgan fingerprint density at radius 1 is 1.17 bits per heavy atom. The van der Waals surface area contributed by atoms with Crippen molar-refractivity contribution in [3.05, 3.63) is 72.2 Å². The second kappa shape index (κ2) is 6.11. The molecule has 1 unspecified atom stereocenters. The third-order valence-corrected chi connectivity index (χ3v) is 4.84. The molecule has 122 valence electrons. The lowest BCUT2D eigenvalue weighted by Crippen LogP contribution is -2.50. The highest BCUT2D eigenvalue weighted by Gasteiger charge is 2.42. The number of benzene rings is 1. The molecule has 1 amide bonds. The van der Waals surface area contributed by atoms with Gasteiger partial charge in [-0.15, -0.1) is 0 Å². The van der Waals surface area contributed by atoms with Gasteiger partial charge in [-0.05, 0) is 42.2 Å². The summed E-state index contributed by atoms with van der Waals surface area (Å²) in [4.78, 5) is 18.8. The summed E-state index contributed by atoms with van der Waals surface area (Å²) >= 11 is 0. The first-order valence-corrected chi connectivity index (χ1v) is 8.37. The normalized spacial score (nSPS) is 23.0. The summed E-state index contributed by atoms with van der Waals surface area (Å²) in [5, 5.41) is 0. The SMILES string of the molecule is O=C(c1ccccc1)N1CCCC2(CC(c3cccnc3)=CO2)C1. The fourth-order valence-corrected chi connectivity index (χ4v) is 3.62. The van der Waals surface area contributed by atoms with Crippen LogP contribution in [0.5, 0.6) is 0 Å². The van der Waals surface area contributed by atoms with Gasteiger partial charge >= 0.3 is 0 Å². The van der Waals surface area contributed by atoms with Gasteiger partial charge < -0.3 is 9.64 Å². The molecule has 0 bridgehead atoms. The van der Waals surface area contributed by atoms with Crippen molar-refractivity contribution in [3.63, 3.8) is 0 Å². The Bertz CT molecular complexity index is 758. The minimum absolute atomic E-state index is 0.0908. The molecule has 2 aliphatic rings. The molecule has 24 heavy (non-hydrogen) atoms. The van der Waals surface area contributed by atoms with Crippen LogP contribution >= 0.6 is 0 Å². The highest BCUT2D eigenvalue weighted by Crippen LogP contribution is 2.40. The van der Waals surface area contributed by atoms with Gasteiger partial charge in [0.25, 0.3) is 5.91 Å². The number of carbonyl (C=O) groups is 1. The number of hydrogen-bond donors (Lipinski definition) is 0. The molecular weight excluding hydrogens is 300 g/mol. The molecular formula is C20H20N2O2. The third-order valence-electron chi connectivity index (χ3n) is 4.84. The molecule has 4 rings (SSSR count). The van der Waals surface area contributed by atoms with Crippen LogP contribution in [0.4, 0.5) is 0 Å². The Labute approximate surface area is 141 Å². The van der Waals surface area contributed by atoms with E-state index in [9.17, 15) is 4.79 Å². The minimum atomic E-state index is -0.284. The van der Waals surface area contributed by atoms with E-state index in [1.165, 1.54) is 0 Å². The first-order valence-electron chi connectivity index (χ1n) is 8.37. The Kier molecular flexibility index (Phi) is 3.81. The third kappa shape index (κ3) is 2.80. The highest BCUT2D eigenvalue weighted by atomic mass is 16.5. The number of amides is 1. The predicted octanol–water partition coefficient (Wildman–Crippen LogP) is 3.52. The molecule has 2 aliphatic heterocycles. The fourth-order valence-electron chi connectivity index (χ4n) is 3.62. The number of carbonyl (C=O) groups excluding carboxylic acids is 1. The van der Waals surface area contributed by atoms with Crippen molar-refractivity contribution in [2.24, 2.45) is 0 Å². The summed E-state index contributed by atoms with van der Waals surface area (Å²) in [5.41, 5.74) is 2.72. The Hall–Kier alpha value is -2.62. The van der Waals surface area contributed by atoms with Crippen LogP contribution in [0.25, 0.3) is 5.57 Å². The van der Waals surface area contributed by atoms with Gasteiger partial charge in [-0.2, -0.15) is 0 Å². The molecule has 1 atom stereocenters. The van der Waals surface area contributed by atoms with Gasteiger partial charge in [0.1, 0.15) is 5.60 Å². The van der Waals surface area contributed by atoms with Gasteiger partial charge in [0.15, 0.2) is 0 Å². The molecule has 1 saturated heterocycles. The van der Waals surface area contributed by atoms with E-state index in [1.54, 1.807) is 6.20 Å². The number of piperidine rings is 1. The second-order valence-electron chi connectivity index (χ2n) is 6.56. The van der Waals surface area contributed by atoms with E-state index in [2.05, 4.69) is 11.1 Å². The maximum absolute atomic E-state index is 12.7. The van der Waals surface area contributed by atoms with Crippen molar-refractivity contribution in [2.75, 3.05) is 13.1 Å². The lowest BCUT2D eigenvalue weighted by atomic mass is 9.86. The Morgan fingerprint density at radius 2 is 2.04 bits per heavy atom. The Morgan fingerprint density at radius 3 is 2.83 bits per heavy atom. The molecule has 1 spiro atoms. The molecule has 0 saturated carbocycles. The minimum Gasteiger partial charge on any atom is -0.492 e. The maximum atomic E-state index is 12.7. The van der Waals surface area contributed by atoms with Crippen molar-refractivity contribution in [1.29, 1.82) is 0 Å². The standard InChI is InChI=1S/C20H20N2O2/c23-19(16-6-2-1-3-7-16)22-11-5-9-20(15-22)12-18(14-24-20)17-8-4-10-21-13-17/h1-4,6-8,10,13-14H,5,9,11-12,15H2. The summed E-state index contributed by atoms with van der Waals surface area (Å²) in [6.07, 6.45) is 8.27. The zero-order valence-electron chi connectivity index (χ0n) is 13.5. The number of hydrogen-bond acceptors (Lipinski definition) is 3. The van der Waals surface area contributed by atoms with Crippen LogP contribution in [0.2, 0.25) is 0 Å². The summed E-state index contributed by atoms with van der Waals surface area (Å²) in [5.74, 6) is 0.0908. The lowest BCUT2D eigenvalue weighted by molar-refractivity contribution is -0.0190. The van der Waals surface area contributed by atoms with Crippen LogP contribution in [0.3, 0.4) is 0 Å². The van der Waals surface area contributed by atoms with E-state index in [1.807, 2.05) is 53.8 Å². The predicted molar refractivity (Wildman–Crippen MR) is 92.2 cm³/mol. The van der Waals surface area contributed by atoms with Crippen LogP contribution in [-0.4, -0.2) is 34.5 Å². The zero-order valence-corrected chi connectivity index (χ0v) is 13.5. The number of nitrogens with zero attached hydrogens (tertiary/aromatic N) is 2. The first kappa shape index (κ1) is 14.9. The average Bonchev–Trinajstić information content (AvgIpc) is 3.06. The number of aromatic nitrogens is 1. The van der Waals surface area contributed by atoms with Gasteiger partial charge in [-0.3, -0.25) is 9.78 Å². The fraction of sp³-hybridized carbons (Fsp3) is 0.300. The van der Waals surface area contributed by atoms with Crippen molar-refractivity contribution < 1.29 is 9.53 Å². The zero-order chi connectivity index (χ0) is 16.4. The van der Waals surface area contributed by atoms with Crippen LogP contribution in [-0.2, 0) is 4.74 Å². The van der Waals surface area contributed by atoms with E-state index in [-0.39, 0.29) is 11.5 Å². The molecule has 0 radical (unpaired) electrons. The molecule has 4 nitrogen and oxygen atoms in total. The molecule has 0 N–H and O–H groups in total. The number of pyridine rings is 1. The lowest BCUT2D eigenvalue weighted by Gasteiger charge is -2.39. The van der Waals surface area contributed by atoms with Gasteiger partial charge in [-0.1, -0.05) is 24.3 Å². The van der Waals surface area contributed by atoms with Crippen molar-refractivity contribution in [2.45, 2.75) is 24.9 Å². The number of ether oxygens (including phenoxy) is 1. The van der Waals surface area contributed by atoms with E-state index in [0.717, 1.165) is 42.5 Å². The molecule has 0 aliphatic carbocycles. The molecule has 1 fully saturated rings. The number of likely N-dealkylation sites (tertiary alicyclic amines) is 1. The molecule has 4 heteroatoms. The first-order chi connectivity index (χ1) is 11.8. The monoisotopic (exact) mass is 320 g/mol. The molecule has 1 aromatic heterocycles. The summed E-state index contributed by atoms with van der Waals surface area (Å²) < 4.78 is 6.08. The maximum Gasteiger partial charge on any atom is 0.253 e. The van der Waals surface area contributed by atoms with Crippen LogP contribution < -0.4 is 0 Å². The van der Waals surface area contributed by atoms with Crippen LogP contribution in [0.1, 0.15) is 35.2 Å². The van der Waals surface area contributed by atoms with Crippen molar-refractivity contribution in [3.8, 4) is 0 Å². The quantitative estimate of drug-likeness (QED) is 0.850. The molecule has 3 heterocycles. The van der Waals surface area contributed by atoms with Crippen molar-refractivity contribution in [1.82, 2.24) is 9.88 Å². The summed E-state index contributed by atoms with van der Waals surface area (Å²) in [6.45, 7) is 1.43. The topological polar surface area (TPSA) is 42.4 Å². The summed E-state index contributed by atoms with van der Waals surface area (Å²) in [6, 6.07) is 13.5. The van der Waals surface area contributed by atoms with Crippen LogP contribution in [0.15, 0.2) is 61.1 Å². The van der Waals surface area contributed by atoms with Crippen LogP contribution in [0, 0.1) is 0 Å². The second-order valence-corrected chi connectivity index (χ2v) is 6.56. The smallest absolute Gasteiger partial charge is 0.253 e. The van der Waals surface area contributed by atoms with E-state index in [0.29, 0.717) is 6.54 Å². The van der Waals surface area contributed by atoms with E-state index in [4.69, 9.17) is 4.74 Å². The molecule has 2 aromatic rings. The van der Waals surface area contributed by atoms with E-state index >= 15 is 0 Å². The Balaban J connectivity index is 1.49. The highest BCUT2D eigenvalue weighted by molar-refractivity contribution is 5.94. The van der Waals surface area contributed by atoms with Gasteiger partial charge in [0, 0.05) is 30.9 Å².